The van der Waals surface area contributed by atoms with Gasteiger partial charge >= 0.3 is 0 Å². The van der Waals surface area contributed by atoms with Gasteiger partial charge in [0.15, 0.2) is 10.1 Å². The maximum Gasteiger partial charge on any atom is 0.163 e. The normalized spacial score (nSPS) is 10.8. The molecule has 3 aromatic rings. The van der Waals surface area contributed by atoms with E-state index in [1.165, 1.54) is 4.70 Å². The van der Waals surface area contributed by atoms with E-state index < -0.39 is 0 Å². The minimum Gasteiger partial charge on any atom is -0.492 e. The molecular weight excluding hydrogens is 314 g/mol. The molecule has 112 valence electrons. The van der Waals surface area contributed by atoms with E-state index in [4.69, 9.17) is 4.74 Å². The summed E-state index contributed by atoms with van der Waals surface area (Å²) in [7, 11) is 0. The van der Waals surface area contributed by atoms with Crippen LogP contribution < -0.4 is 4.74 Å². The van der Waals surface area contributed by atoms with Gasteiger partial charge in [-0.05, 0) is 31.2 Å². The smallest absolute Gasteiger partial charge is 0.163 e. The highest BCUT2D eigenvalue weighted by atomic mass is 32.2. The van der Waals surface area contributed by atoms with Gasteiger partial charge in [-0.15, -0.1) is 11.3 Å². The molecule has 0 saturated heterocycles. The van der Waals surface area contributed by atoms with Gasteiger partial charge in [0, 0.05) is 5.75 Å². The van der Waals surface area contributed by atoms with Gasteiger partial charge in [0.2, 0.25) is 0 Å². The average molecular weight is 329 g/mol. The number of Topliss-reactive ketones (excluding diaryl/α,β-unsaturated/α-hetero) is 1. The number of para-hydroxylation sites is 2. The minimum absolute atomic E-state index is 0.0226. The molecule has 0 aliphatic carbocycles. The number of fused-ring (bicyclic) bond motifs is 1. The summed E-state index contributed by atoms with van der Waals surface area (Å²) in [5.41, 5.74) is 1.67. The molecular formula is C17H15NO2S2. The zero-order valence-corrected chi connectivity index (χ0v) is 13.7. The first kappa shape index (κ1) is 15.1. The summed E-state index contributed by atoms with van der Waals surface area (Å²) in [4.78, 5) is 16.1. The topological polar surface area (TPSA) is 39.2 Å². The number of hydrogen-bond donors (Lipinski definition) is 0. The highest BCUT2D eigenvalue weighted by Crippen LogP contribution is 2.29. The standard InChI is InChI=1S/C17H15NO2S2/c1-12(19)13-6-2-4-8-15(13)20-10-11-21-17-18-14-7-3-5-9-16(14)22-17/h2-9H,10-11H2,1H3. The summed E-state index contributed by atoms with van der Waals surface area (Å²) >= 11 is 3.37. The van der Waals surface area contributed by atoms with Gasteiger partial charge in [-0.1, -0.05) is 36.0 Å². The first-order valence-electron chi connectivity index (χ1n) is 6.95. The molecule has 0 saturated carbocycles. The van der Waals surface area contributed by atoms with E-state index in [-0.39, 0.29) is 5.78 Å². The zero-order valence-electron chi connectivity index (χ0n) is 12.1. The average Bonchev–Trinajstić information content (AvgIpc) is 2.94. The van der Waals surface area contributed by atoms with Crippen molar-refractivity contribution in [1.82, 2.24) is 4.98 Å². The molecule has 3 nitrogen and oxygen atoms in total. The Balaban J connectivity index is 1.56. The van der Waals surface area contributed by atoms with Crippen molar-refractivity contribution in [3.63, 3.8) is 0 Å². The zero-order chi connectivity index (χ0) is 15.4. The number of ether oxygens (including phenoxy) is 1. The van der Waals surface area contributed by atoms with Gasteiger partial charge in [-0.2, -0.15) is 0 Å². The molecule has 0 aliphatic rings. The quantitative estimate of drug-likeness (QED) is 0.374. The molecule has 0 amide bonds. The lowest BCUT2D eigenvalue weighted by Crippen LogP contribution is -2.04. The third kappa shape index (κ3) is 3.48. The van der Waals surface area contributed by atoms with E-state index in [0.29, 0.717) is 17.9 Å². The molecule has 0 fully saturated rings. The van der Waals surface area contributed by atoms with Crippen molar-refractivity contribution in [2.45, 2.75) is 11.3 Å². The summed E-state index contributed by atoms with van der Waals surface area (Å²) in [6.45, 7) is 2.10. The molecule has 0 spiro atoms. The minimum atomic E-state index is 0.0226. The number of carbonyl (C=O) groups excluding carboxylic acids is 1. The van der Waals surface area contributed by atoms with E-state index in [0.717, 1.165) is 15.6 Å². The van der Waals surface area contributed by atoms with E-state index in [1.807, 2.05) is 36.4 Å². The summed E-state index contributed by atoms with van der Waals surface area (Å²) in [6, 6.07) is 15.5. The van der Waals surface area contributed by atoms with Crippen molar-refractivity contribution in [3.05, 3.63) is 54.1 Å². The Morgan fingerprint density at radius 1 is 1.18 bits per heavy atom. The Labute approximate surface area is 137 Å². The molecule has 22 heavy (non-hydrogen) atoms. The first-order chi connectivity index (χ1) is 10.7. The van der Waals surface area contributed by atoms with Crippen molar-refractivity contribution in [2.75, 3.05) is 12.4 Å². The van der Waals surface area contributed by atoms with Gasteiger partial charge in [0.05, 0.1) is 22.4 Å². The van der Waals surface area contributed by atoms with Crippen LogP contribution in [0, 0.1) is 0 Å². The molecule has 1 aromatic heterocycles. The highest BCUT2D eigenvalue weighted by Gasteiger charge is 2.08. The maximum atomic E-state index is 11.5. The van der Waals surface area contributed by atoms with Crippen LogP contribution in [0.3, 0.4) is 0 Å². The SMILES string of the molecule is CC(=O)c1ccccc1OCCSc1nc2ccccc2s1. The van der Waals surface area contributed by atoms with Gasteiger partial charge in [-0.25, -0.2) is 4.98 Å². The highest BCUT2D eigenvalue weighted by molar-refractivity contribution is 8.01. The number of carbonyl (C=O) groups is 1. The van der Waals surface area contributed by atoms with Gasteiger partial charge in [0.1, 0.15) is 5.75 Å². The predicted octanol–water partition coefficient (Wildman–Crippen LogP) is 4.67. The number of aromatic nitrogens is 1. The number of hydrogen-bond acceptors (Lipinski definition) is 5. The van der Waals surface area contributed by atoms with Crippen molar-refractivity contribution in [1.29, 1.82) is 0 Å². The third-order valence-corrected chi connectivity index (χ3v) is 5.25. The number of ketones is 1. The lowest BCUT2D eigenvalue weighted by molar-refractivity contribution is 0.101. The van der Waals surface area contributed by atoms with Crippen LogP contribution in [0.25, 0.3) is 10.2 Å². The van der Waals surface area contributed by atoms with E-state index in [9.17, 15) is 4.79 Å². The van der Waals surface area contributed by atoms with Gasteiger partial charge in [-0.3, -0.25) is 4.79 Å². The van der Waals surface area contributed by atoms with E-state index in [2.05, 4.69) is 11.1 Å². The molecule has 0 aliphatic heterocycles. The fourth-order valence-corrected chi connectivity index (χ4v) is 4.03. The second-order valence-electron chi connectivity index (χ2n) is 4.70. The summed E-state index contributed by atoms with van der Waals surface area (Å²) in [5.74, 6) is 1.47. The molecule has 0 bridgehead atoms. The van der Waals surface area contributed by atoms with Crippen molar-refractivity contribution < 1.29 is 9.53 Å². The molecule has 1 heterocycles. The monoisotopic (exact) mass is 329 g/mol. The van der Waals surface area contributed by atoms with Crippen LogP contribution in [0.2, 0.25) is 0 Å². The molecule has 0 atom stereocenters. The molecule has 2 aromatic carbocycles. The lowest BCUT2D eigenvalue weighted by Gasteiger charge is -2.08. The number of thiazole rings is 1. The summed E-state index contributed by atoms with van der Waals surface area (Å²) in [5, 5.41) is 0. The Hall–Kier alpha value is -1.85. The van der Waals surface area contributed by atoms with Crippen molar-refractivity contribution >= 4 is 39.1 Å². The maximum absolute atomic E-state index is 11.5. The molecule has 5 heteroatoms. The molecule has 0 N–H and O–H groups in total. The van der Waals surface area contributed by atoms with Crippen LogP contribution in [-0.2, 0) is 0 Å². The van der Waals surface area contributed by atoms with Crippen LogP contribution in [0.4, 0.5) is 0 Å². The predicted molar refractivity (Wildman–Crippen MR) is 92.3 cm³/mol. The Bertz CT molecular complexity index is 765. The Morgan fingerprint density at radius 3 is 2.77 bits per heavy atom. The largest absolute Gasteiger partial charge is 0.492 e. The summed E-state index contributed by atoms with van der Waals surface area (Å²) in [6.07, 6.45) is 0. The molecule has 0 radical (unpaired) electrons. The van der Waals surface area contributed by atoms with Gasteiger partial charge < -0.3 is 4.74 Å². The number of rotatable bonds is 6. The number of benzene rings is 2. The van der Waals surface area contributed by atoms with Crippen LogP contribution in [-0.4, -0.2) is 23.1 Å². The van der Waals surface area contributed by atoms with Crippen LogP contribution in [0.1, 0.15) is 17.3 Å². The number of nitrogens with zero attached hydrogens (tertiary/aromatic N) is 1. The van der Waals surface area contributed by atoms with Crippen LogP contribution in [0.15, 0.2) is 52.9 Å². The van der Waals surface area contributed by atoms with Gasteiger partial charge in [0.25, 0.3) is 0 Å². The lowest BCUT2D eigenvalue weighted by atomic mass is 10.1. The first-order valence-corrected chi connectivity index (χ1v) is 8.75. The third-order valence-electron chi connectivity index (χ3n) is 3.11. The second-order valence-corrected chi connectivity index (χ2v) is 7.07. The Morgan fingerprint density at radius 2 is 1.95 bits per heavy atom. The van der Waals surface area contributed by atoms with Crippen molar-refractivity contribution in [2.24, 2.45) is 0 Å². The fraction of sp³-hybridized carbons (Fsp3) is 0.176. The van der Waals surface area contributed by atoms with Crippen LogP contribution >= 0.6 is 23.1 Å². The summed E-state index contributed by atoms with van der Waals surface area (Å²) < 4.78 is 7.98. The van der Waals surface area contributed by atoms with Crippen molar-refractivity contribution in [3.8, 4) is 5.75 Å². The molecule has 3 rings (SSSR count). The Kier molecular flexibility index (Phi) is 4.75. The van der Waals surface area contributed by atoms with Crippen LogP contribution in [0.5, 0.6) is 5.75 Å². The fourth-order valence-electron chi connectivity index (χ4n) is 2.08. The van der Waals surface area contributed by atoms with E-state index >= 15 is 0 Å². The molecule has 0 unspecified atom stereocenters. The van der Waals surface area contributed by atoms with E-state index in [1.54, 1.807) is 36.1 Å². The number of thioether (sulfide) groups is 1. The second kappa shape index (κ2) is 6.94.